The summed E-state index contributed by atoms with van der Waals surface area (Å²) in [5.74, 6) is -2.48. The van der Waals surface area contributed by atoms with E-state index < -0.39 is 36.3 Å². The summed E-state index contributed by atoms with van der Waals surface area (Å²) in [4.78, 5) is 50.0. The molecule has 0 spiro atoms. The Hall–Kier alpha value is -2.72. The highest BCUT2D eigenvalue weighted by atomic mass is 32.2. The molecule has 1 N–H and O–H groups in total. The molecule has 2 aliphatic heterocycles. The lowest BCUT2D eigenvalue weighted by Gasteiger charge is -2.20. The largest absolute Gasteiger partial charge is 0.497 e. The summed E-state index contributed by atoms with van der Waals surface area (Å²) in [5.41, 5.74) is 0.748. The zero-order valence-corrected chi connectivity index (χ0v) is 15.7. The Morgan fingerprint density at radius 2 is 2.00 bits per heavy atom. The van der Waals surface area contributed by atoms with Gasteiger partial charge in [-0.15, -0.1) is 0 Å². The van der Waals surface area contributed by atoms with Crippen molar-refractivity contribution in [2.45, 2.75) is 12.5 Å². The van der Waals surface area contributed by atoms with Crippen molar-refractivity contribution >= 4 is 58.1 Å². The Bertz CT molecular complexity index is 880. The number of rotatable bonds is 5. The van der Waals surface area contributed by atoms with Crippen molar-refractivity contribution in [1.29, 1.82) is 0 Å². The Morgan fingerprint density at radius 3 is 2.59 bits per heavy atom. The van der Waals surface area contributed by atoms with Crippen molar-refractivity contribution in [2.75, 3.05) is 13.7 Å². The molecule has 2 saturated heterocycles. The number of imide groups is 1. The number of carbonyl (C=O) groups excluding carboxylic acids is 3. The van der Waals surface area contributed by atoms with Crippen LogP contribution >= 0.6 is 24.0 Å². The first-order valence-corrected chi connectivity index (χ1v) is 9.01. The maximum atomic E-state index is 12.7. The minimum Gasteiger partial charge on any atom is -0.497 e. The van der Waals surface area contributed by atoms with Crippen LogP contribution in [-0.2, 0) is 19.2 Å². The van der Waals surface area contributed by atoms with Crippen molar-refractivity contribution < 1.29 is 29.0 Å². The fraction of sp³-hybridized carbons (Fsp3) is 0.235. The molecule has 2 heterocycles. The lowest BCUT2D eigenvalue weighted by Crippen LogP contribution is -2.45. The number of hydrogen-bond donors (Lipinski definition) is 1. The van der Waals surface area contributed by atoms with E-state index in [-0.39, 0.29) is 10.7 Å². The number of thiocarbonyl (C=S) groups is 1. The van der Waals surface area contributed by atoms with Gasteiger partial charge in [-0.3, -0.25) is 29.0 Å². The van der Waals surface area contributed by atoms with Crippen LogP contribution in [0.3, 0.4) is 0 Å². The molecule has 2 aliphatic rings. The molecule has 8 nitrogen and oxygen atoms in total. The molecule has 0 bridgehead atoms. The first kappa shape index (κ1) is 19.1. The molecule has 0 radical (unpaired) electrons. The molecule has 0 aromatic heterocycles. The number of nitrogens with zero attached hydrogens (tertiary/aromatic N) is 2. The molecule has 0 aliphatic carbocycles. The number of aliphatic carboxylic acids is 1. The van der Waals surface area contributed by atoms with E-state index in [1.54, 1.807) is 37.5 Å². The molecule has 27 heavy (non-hydrogen) atoms. The third-order valence-electron chi connectivity index (χ3n) is 4.06. The van der Waals surface area contributed by atoms with Gasteiger partial charge in [0.2, 0.25) is 5.91 Å². The zero-order chi connectivity index (χ0) is 19.7. The summed E-state index contributed by atoms with van der Waals surface area (Å²) in [6.07, 6.45) is 1.35. The van der Waals surface area contributed by atoms with Crippen molar-refractivity contribution in [1.82, 2.24) is 9.80 Å². The lowest BCUT2D eigenvalue weighted by molar-refractivity contribution is -0.149. The van der Waals surface area contributed by atoms with Crippen LogP contribution in [0.25, 0.3) is 6.08 Å². The molecule has 3 rings (SSSR count). The quantitative estimate of drug-likeness (QED) is 0.441. The predicted molar refractivity (Wildman–Crippen MR) is 101 cm³/mol. The van der Waals surface area contributed by atoms with Gasteiger partial charge in [0.15, 0.2) is 0 Å². The van der Waals surface area contributed by atoms with E-state index in [0.29, 0.717) is 15.6 Å². The normalized spacial score (nSPS) is 21.5. The number of ether oxygens (including phenoxy) is 1. The molecule has 1 atom stereocenters. The highest BCUT2D eigenvalue weighted by molar-refractivity contribution is 8.26. The lowest BCUT2D eigenvalue weighted by atomic mass is 10.2. The summed E-state index contributed by atoms with van der Waals surface area (Å²) in [7, 11) is 1.55. The second-order valence-electron chi connectivity index (χ2n) is 5.76. The molecule has 0 saturated carbocycles. The summed E-state index contributed by atoms with van der Waals surface area (Å²) < 4.78 is 5.24. The van der Waals surface area contributed by atoms with Crippen molar-refractivity contribution in [3.63, 3.8) is 0 Å². The van der Waals surface area contributed by atoms with Gasteiger partial charge in [-0.25, -0.2) is 0 Å². The van der Waals surface area contributed by atoms with Crippen molar-refractivity contribution in [3.8, 4) is 5.75 Å². The third kappa shape index (κ3) is 3.71. The van der Waals surface area contributed by atoms with Gasteiger partial charge in [-0.2, -0.15) is 0 Å². The van der Waals surface area contributed by atoms with Gasteiger partial charge in [0.1, 0.15) is 22.7 Å². The molecule has 2 fully saturated rings. The van der Waals surface area contributed by atoms with Gasteiger partial charge < -0.3 is 9.84 Å². The van der Waals surface area contributed by atoms with E-state index in [1.807, 2.05) is 0 Å². The second kappa shape index (κ2) is 7.49. The molecule has 3 amide bonds. The molecule has 10 heteroatoms. The topological polar surface area (TPSA) is 104 Å². The van der Waals surface area contributed by atoms with Crippen molar-refractivity contribution in [3.05, 3.63) is 34.7 Å². The number of carboxylic acid groups (broad SMARTS) is 1. The van der Waals surface area contributed by atoms with Crippen LogP contribution in [0.2, 0.25) is 0 Å². The molecule has 1 unspecified atom stereocenters. The number of thioether (sulfide) groups is 1. The highest BCUT2D eigenvalue weighted by Gasteiger charge is 2.48. The summed E-state index contributed by atoms with van der Waals surface area (Å²) >= 11 is 6.25. The van der Waals surface area contributed by atoms with E-state index in [1.165, 1.54) is 0 Å². The standard InChI is InChI=1S/C17H14N2O6S2/c1-25-10-4-2-9(3-5-10)6-12-16(24)19(17(26)27-12)11-7-13(20)18(15(11)23)8-14(21)22/h2-6,11H,7-8H2,1H3,(H,21,22). The fourth-order valence-electron chi connectivity index (χ4n) is 2.77. The Labute approximate surface area is 163 Å². The van der Waals surface area contributed by atoms with E-state index in [0.717, 1.165) is 22.2 Å². The van der Waals surface area contributed by atoms with Gasteiger partial charge in [0.25, 0.3) is 11.8 Å². The van der Waals surface area contributed by atoms with Gasteiger partial charge in [0, 0.05) is 0 Å². The summed E-state index contributed by atoms with van der Waals surface area (Å²) in [6.45, 7) is -0.732. The second-order valence-corrected chi connectivity index (χ2v) is 7.43. The van der Waals surface area contributed by atoms with E-state index in [2.05, 4.69) is 0 Å². The smallest absolute Gasteiger partial charge is 0.323 e. The number of amides is 3. The van der Waals surface area contributed by atoms with Gasteiger partial charge in [0.05, 0.1) is 18.4 Å². The third-order valence-corrected chi connectivity index (χ3v) is 5.39. The number of hydrogen-bond acceptors (Lipinski definition) is 7. The predicted octanol–water partition coefficient (Wildman–Crippen LogP) is 1.11. The van der Waals surface area contributed by atoms with E-state index in [9.17, 15) is 19.2 Å². The average molecular weight is 406 g/mol. The van der Waals surface area contributed by atoms with Gasteiger partial charge in [-0.05, 0) is 23.8 Å². The molecular formula is C17H14N2O6S2. The van der Waals surface area contributed by atoms with Crippen molar-refractivity contribution in [2.24, 2.45) is 0 Å². The summed E-state index contributed by atoms with van der Waals surface area (Å²) in [6, 6.07) is 5.92. The number of carboxylic acids is 1. The highest BCUT2D eigenvalue weighted by Crippen LogP contribution is 2.36. The maximum Gasteiger partial charge on any atom is 0.323 e. The molecule has 1 aromatic carbocycles. The zero-order valence-electron chi connectivity index (χ0n) is 14.1. The SMILES string of the molecule is COc1ccc(C=C2SC(=S)N(C3CC(=O)N(CC(=O)O)C3=O)C2=O)cc1. The Morgan fingerprint density at radius 1 is 1.33 bits per heavy atom. The monoisotopic (exact) mass is 406 g/mol. The molecule has 140 valence electrons. The first-order valence-electron chi connectivity index (χ1n) is 7.79. The first-order chi connectivity index (χ1) is 12.8. The minimum atomic E-state index is -1.30. The number of likely N-dealkylation sites (tertiary alicyclic amines) is 1. The van der Waals surface area contributed by atoms with Crippen LogP contribution in [0.5, 0.6) is 5.75 Å². The summed E-state index contributed by atoms with van der Waals surface area (Å²) in [5, 5.41) is 8.83. The molecule has 1 aromatic rings. The number of methoxy groups -OCH3 is 1. The fourth-order valence-corrected chi connectivity index (χ4v) is 4.13. The molecular weight excluding hydrogens is 392 g/mol. The van der Waals surface area contributed by atoms with E-state index >= 15 is 0 Å². The van der Waals surface area contributed by atoms with Gasteiger partial charge >= 0.3 is 5.97 Å². The van der Waals surface area contributed by atoms with E-state index in [4.69, 9.17) is 22.1 Å². The Kier molecular flexibility index (Phi) is 5.29. The number of benzene rings is 1. The van der Waals surface area contributed by atoms with Crippen LogP contribution in [0, 0.1) is 0 Å². The van der Waals surface area contributed by atoms with Crippen LogP contribution in [0.1, 0.15) is 12.0 Å². The average Bonchev–Trinajstić information content (AvgIpc) is 3.05. The minimum absolute atomic E-state index is 0.156. The Balaban J connectivity index is 1.82. The maximum absolute atomic E-state index is 12.7. The van der Waals surface area contributed by atoms with Crippen LogP contribution in [0.15, 0.2) is 29.2 Å². The van der Waals surface area contributed by atoms with Crippen LogP contribution < -0.4 is 4.74 Å². The van der Waals surface area contributed by atoms with Gasteiger partial charge in [-0.1, -0.05) is 36.1 Å². The van der Waals surface area contributed by atoms with Crippen LogP contribution in [0.4, 0.5) is 0 Å². The van der Waals surface area contributed by atoms with Crippen LogP contribution in [-0.4, -0.2) is 62.6 Å². The number of carbonyl (C=O) groups is 4.